The molecule has 1 aliphatic rings. The SMILES string of the molecule is COc1ccc(C[C@@]2(C)SC(=O)NC2=O)cc1C(=O)NCc1ccc(C(F)(F)F)cc1. The van der Waals surface area contributed by atoms with E-state index in [1.165, 1.54) is 19.2 Å². The first kappa shape index (κ1) is 22.7. The highest BCUT2D eigenvalue weighted by Gasteiger charge is 2.43. The van der Waals surface area contributed by atoms with Crippen molar-refractivity contribution in [1.29, 1.82) is 0 Å². The fourth-order valence-electron chi connectivity index (χ4n) is 3.14. The lowest BCUT2D eigenvalue weighted by atomic mass is 9.97. The van der Waals surface area contributed by atoms with Gasteiger partial charge >= 0.3 is 6.18 Å². The Morgan fingerprint density at radius 1 is 1.13 bits per heavy atom. The Hall–Kier alpha value is -3.01. The lowest BCUT2D eigenvalue weighted by Gasteiger charge is -2.19. The minimum Gasteiger partial charge on any atom is -0.496 e. The first-order chi connectivity index (χ1) is 14.5. The van der Waals surface area contributed by atoms with Crippen LogP contribution in [0.3, 0.4) is 0 Å². The predicted octanol–water partition coefficient (Wildman–Crippen LogP) is 3.93. The molecule has 1 atom stereocenters. The van der Waals surface area contributed by atoms with E-state index in [9.17, 15) is 27.6 Å². The van der Waals surface area contributed by atoms with Crippen LogP contribution in [0.1, 0.15) is 34.0 Å². The molecule has 1 saturated heterocycles. The van der Waals surface area contributed by atoms with Gasteiger partial charge < -0.3 is 10.1 Å². The van der Waals surface area contributed by atoms with Gasteiger partial charge in [0.1, 0.15) is 10.5 Å². The number of thioether (sulfide) groups is 1. The highest BCUT2D eigenvalue weighted by Crippen LogP contribution is 2.35. The van der Waals surface area contributed by atoms with E-state index >= 15 is 0 Å². The van der Waals surface area contributed by atoms with Crippen molar-refractivity contribution < 1.29 is 32.3 Å². The summed E-state index contributed by atoms with van der Waals surface area (Å²) in [5.41, 5.74) is 0.602. The summed E-state index contributed by atoms with van der Waals surface area (Å²) in [4.78, 5) is 36.3. The van der Waals surface area contributed by atoms with E-state index in [2.05, 4.69) is 10.6 Å². The predicted molar refractivity (Wildman–Crippen MR) is 109 cm³/mol. The van der Waals surface area contributed by atoms with Gasteiger partial charge in [-0.3, -0.25) is 19.7 Å². The maximum absolute atomic E-state index is 12.7. The molecular formula is C21H19F3N2O4S. The lowest BCUT2D eigenvalue weighted by molar-refractivity contribution is -0.137. The van der Waals surface area contributed by atoms with E-state index in [0.29, 0.717) is 16.9 Å². The number of halogens is 3. The topological polar surface area (TPSA) is 84.5 Å². The Balaban J connectivity index is 1.73. The maximum atomic E-state index is 12.7. The summed E-state index contributed by atoms with van der Waals surface area (Å²) in [6, 6.07) is 9.36. The van der Waals surface area contributed by atoms with Crippen LogP contribution in [0, 0.1) is 0 Å². The van der Waals surface area contributed by atoms with E-state index in [-0.39, 0.29) is 18.5 Å². The van der Waals surface area contributed by atoms with Crippen molar-refractivity contribution in [2.45, 2.75) is 30.8 Å². The van der Waals surface area contributed by atoms with Gasteiger partial charge in [-0.25, -0.2) is 0 Å². The molecule has 1 aliphatic heterocycles. The van der Waals surface area contributed by atoms with Gasteiger partial charge in [-0.05, 0) is 60.5 Å². The number of carbonyl (C=O) groups excluding carboxylic acids is 3. The molecule has 2 N–H and O–H groups in total. The zero-order valence-corrected chi connectivity index (χ0v) is 17.4. The molecule has 10 heteroatoms. The van der Waals surface area contributed by atoms with Crippen LogP contribution in [0.4, 0.5) is 18.0 Å². The summed E-state index contributed by atoms with van der Waals surface area (Å²) < 4.78 is 42.2. The third-order valence-corrected chi connectivity index (χ3v) is 5.87. The van der Waals surface area contributed by atoms with Crippen molar-refractivity contribution >= 4 is 28.8 Å². The quantitative estimate of drug-likeness (QED) is 0.694. The molecule has 3 amide bonds. The second-order valence-electron chi connectivity index (χ2n) is 7.16. The molecule has 0 aliphatic carbocycles. The number of hydrogen-bond acceptors (Lipinski definition) is 5. The molecule has 3 rings (SSSR count). The lowest BCUT2D eigenvalue weighted by Crippen LogP contribution is -2.35. The smallest absolute Gasteiger partial charge is 0.416 e. The number of alkyl halides is 3. The van der Waals surface area contributed by atoms with Crippen LogP contribution in [0.25, 0.3) is 0 Å². The van der Waals surface area contributed by atoms with Crippen molar-refractivity contribution in [1.82, 2.24) is 10.6 Å². The number of methoxy groups -OCH3 is 1. The summed E-state index contributed by atoms with van der Waals surface area (Å²) in [5.74, 6) is -0.576. The van der Waals surface area contributed by atoms with E-state index in [4.69, 9.17) is 4.74 Å². The molecule has 31 heavy (non-hydrogen) atoms. The van der Waals surface area contributed by atoms with Crippen molar-refractivity contribution in [2.24, 2.45) is 0 Å². The van der Waals surface area contributed by atoms with Gasteiger partial charge in [0, 0.05) is 6.54 Å². The third-order valence-electron chi connectivity index (χ3n) is 4.80. The van der Waals surface area contributed by atoms with Gasteiger partial charge in [-0.1, -0.05) is 18.2 Å². The van der Waals surface area contributed by atoms with Crippen LogP contribution in [-0.2, 0) is 23.9 Å². The van der Waals surface area contributed by atoms with Crippen LogP contribution in [0.15, 0.2) is 42.5 Å². The fraction of sp³-hybridized carbons (Fsp3) is 0.286. The number of ether oxygens (including phenoxy) is 1. The van der Waals surface area contributed by atoms with Crippen molar-refractivity contribution in [3.8, 4) is 5.75 Å². The van der Waals surface area contributed by atoms with E-state index in [0.717, 1.165) is 23.9 Å². The van der Waals surface area contributed by atoms with E-state index in [1.54, 1.807) is 25.1 Å². The monoisotopic (exact) mass is 452 g/mol. The summed E-state index contributed by atoms with van der Waals surface area (Å²) in [6.45, 7) is 1.67. The Morgan fingerprint density at radius 2 is 1.77 bits per heavy atom. The zero-order chi connectivity index (χ0) is 22.8. The number of amides is 3. The summed E-state index contributed by atoms with van der Waals surface area (Å²) in [5, 5.41) is 4.48. The van der Waals surface area contributed by atoms with Gasteiger partial charge in [0.15, 0.2) is 0 Å². The Bertz CT molecular complexity index is 1020. The number of carbonyl (C=O) groups is 3. The largest absolute Gasteiger partial charge is 0.496 e. The van der Waals surface area contributed by atoms with Crippen molar-refractivity contribution in [2.75, 3.05) is 7.11 Å². The number of benzene rings is 2. The summed E-state index contributed by atoms with van der Waals surface area (Å²) >= 11 is 0.894. The van der Waals surface area contributed by atoms with Crippen LogP contribution < -0.4 is 15.4 Å². The molecule has 164 valence electrons. The second kappa shape index (κ2) is 8.62. The zero-order valence-electron chi connectivity index (χ0n) is 16.6. The third kappa shape index (κ3) is 5.19. The Kier molecular flexibility index (Phi) is 6.30. The van der Waals surface area contributed by atoms with Gasteiger partial charge in [-0.2, -0.15) is 13.2 Å². The average molecular weight is 452 g/mol. The Morgan fingerprint density at radius 3 is 2.32 bits per heavy atom. The standard InChI is InChI=1S/C21H19F3N2O4S/c1-20(18(28)26-19(29)31-20)10-13-5-8-16(30-2)15(9-13)17(27)25-11-12-3-6-14(7-4-12)21(22,23)24/h3-9H,10-11H2,1-2H3,(H,25,27)(H,26,28,29)/t20-/m1/s1. The Labute approximate surface area is 180 Å². The average Bonchev–Trinajstić information content (AvgIpc) is 2.96. The molecule has 1 fully saturated rings. The fourth-order valence-corrected chi connectivity index (χ4v) is 4.07. The molecule has 0 saturated carbocycles. The van der Waals surface area contributed by atoms with Gasteiger partial charge in [0.2, 0.25) is 5.91 Å². The highest BCUT2D eigenvalue weighted by atomic mass is 32.2. The number of hydrogen-bond donors (Lipinski definition) is 2. The van der Waals surface area contributed by atoms with E-state index in [1.807, 2.05) is 0 Å². The van der Waals surface area contributed by atoms with Crippen LogP contribution in [-0.4, -0.2) is 28.9 Å². The first-order valence-corrected chi connectivity index (χ1v) is 9.99. The molecule has 1 heterocycles. The summed E-state index contributed by atoms with van der Waals surface area (Å²) in [6.07, 6.45) is -4.20. The molecule has 2 aromatic carbocycles. The van der Waals surface area contributed by atoms with Crippen LogP contribution in [0.2, 0.25) is 0 Å². The van der Waals surface area contributed by atoms with Crippen molar-refractivity contribution in [3.05, 3.63) is 64.7 Å². The van der Waals surface area contributed by atoms with Gasteiger partial charge in [0.25, 0.3) is 11.1 Å². The molecule has 0 bridgehead atoms. The maximum Gasteiger partial charge on any atom is 0.416 e. The molecule has 0 spiro atoms. The highest BCUT2D eigenvalue weighted by molar-refractivity contribution is 8.16. The van der Waals surface area contributed by atoms with Gasteiger partial charge in [0.05, 0.1) is 18.2 Å². The molecule has 2 aromatic rings. The van der Waals surface area contributed by atoms with Crippen LogP contribution >= 0.6 is 11.8 Å². The molecule has 0 radical (unpaired) electrons. The minimum atomic E-state index is -4.43. The van der Waals surface area contributed by atoms with Crippen molar-refractivity contribution in [3.63, 3.8) is 0 Å². The van der Waals surface area contributed by atoms with Crippen LogP contribution in [0.5, 0.6) is 5.75 Å². The summed E-state index contributed by atoms with van der Waals surface area (Å²) in [7, 11) is 1.40. The molecule has 0 unspecified atom stereocenters. The minimum absolute atomic E-state index is 0.0226. The second-order valence-corrected chi connectivity index (χ2v) is 8.64. The normalized spacial score (nSPS) is 18.6. The number of rotatable bonds is 6. The molecule has 6 nitrogen and oxygen atoms in total. The van der Waals surface area contributed by atoms with E-state index < -0.39 is 33.5 Å². The van der Waals surface area contributed by atoms with Gasteiger partial charge in [-0.15, -0.1) is 0 Å². The first-order valence-electron chi connectivity index (χ1n) is 9.17. The molecule has 0 aromatic heterocycles. The number of imide groups is 1. The molecular weight excluding hydrogens is 433 g/mol. The number of nitrogens with one attached hydrogen (secondary N) is 2.